The first-order valence-corrected chi connectivity index (χ1v) is 6.46. The van der Waals surface area contributed by atoms with Gasteiger partial charge in [-0.05, 0) is 26.8 Å². The van der Waals surface area contributed by atoms with E-state index in [0.717, 1.165) is 0 Å². The second-order valence-electron chi connectivity index (χ2n) is 5.57. The minimum Gasteiger partial charge on any atom is -0.383 e. The van der Waals surface area contributed by atoms with Gasteiger partial charge in [-0.1, -0.05) is 0 Å². The Hall–Kier alpha value is -2.62. The van der Waals surface area contributed by atoms with E-state index in [1.54, 1.807) is 0 Å². The summed E-state index contributed by atoms with van der Waals surface area (Å²) in [6.45, 7) is 6.02. The van der Waals surface area contributed by atoms with Crippen LogP contribution in [0.15, 0.2) is 18.2 Å². The summed E-state index contributed by atoms with van der Waals surface area (Å²) in [6, 6.07) is 5.89. The third kappa shape index (κ3) is 5.48. The van der Waals surface area contributed by atoms with Gasteiger partial charge in [0.05, 0.1) is 16.2 Å². The van der Waals surface area contributed by atoms with E-state index >= 15 is 0 Å². The van der Waals surface area contributed by atoms with Gasteiger partial charge < -0.3 is 10.6 Å². The Kier molecular flexibility index (Phi) is 5.24. The molecule has 2 N–H and O–H groups in total. The van der Waals surface area contributed by atoms with Crippen molar-refractivity contribution in [1.82, 2.24) is 5.32 Å². The number of nitro benzene ring substituents is 1. The lowest BCUT2D eigenvalue weighted by atomic mass is 10.1. The number of non-ortho nitro benzene ring substituents is 1. The second kappa shape index (κ2) is 6.70. The van der Waals surface area contributed by atoms with Crippen LogP contribution in [0.4, 0.5) is 11.4 Å². The normalized spacial score (nSPS) is 10.6. The van der Waals surface area contributed by atoms with Crippen molar-refractivity contribution >= 4 is 17.3 Å². The van der Waals surface area contributed by atoms with Gasteiger partial charge in [0, 0.05) is 30.6 Å². The minimum atomic E-state index is -0.554. The van der Waals surface area contributed by atoms with Crippen molar-refractivity contribution in [1.29, 1.82) is 5.26 Å². The first kappa shape index (κ1) is 16.4. The van der Waals surface area contributed by atoms with Crippen molar-refractivity contribution < 1.29 is 9.72 Å². The van der Waals surface area contributed by atoms with Gasteiger partial charge in [0.1, 0.15) is 6.07 Å². The molecule has 0 aliphatic carbocycles. The number of nitrogens with one attached hydrogen (secondary N) is 2. The zero-order chi connectivity index (χ0) is 16.0. The van der Waals surface area contributed by atoms with Crippen molar-refractivity contribution in [3.8, 4) is 6.07 Å². The lowest BCUT2D eigenvalue weighted by Crippen LogP contribution is -2.41. The van der Waals surface area contributed by atoms with E-state index in [2.05, 4.69) is 10.6 Å². The summed E-state index contributed by atoms with van der Waals surface area (Å²) in [5.74, 6) is -0.101. The summed E-state index contributed by atoms with van der Waals surface area (Å²) >= 11 is 0. The maximum atomic E-state index is 11.6. The highest BCUT2D eigenvalue weighted by molar-refractivity contribution is 5.77. The molecule has 0 spiro atoms. The molecule has 0 fully saturated rings. The largest absolute Gasteiger partial charge is 0.383 e. The van der Waals surface area contributed by atoms with Gasteiger partial charge in [-0.25, -0.2) is 0 Å². The van der Waals surface area contributed by atoms with Crippen LogP contribution < -0.4 is 10.6 Å². The Labute approximate surface area is 123 Å². The van der Waals surface area contributed by atoms with Crippen LogP contribution in [0, 0.1) is 21.4 Å². The molecule has 0 aliphatic rings. The highest BCUT2D eigenvalue weighted by Gasteiger charge is 2.14. The standard InChI is InChI=1S/C14H18N4O3/c1-14(2,3)17-13(19)6-7-16-12-5-4-11(18(20)21)8-10(12)9-15/h4-5,8,16H,6-7H2,1-3H3,(H,17,19). The summed E-state index contributed by atoms with van der Waals surface area (Å²) in [5, 5.41) is 25.4. The van der Waals surface area contributed by atoms with Gasteiger partial charge in [0.15, 0.2) is 0 Å². The molecule has 0 saturated carbocycles. The fraction of sp³-hybridized carbons (Fsp3) is 0.429. The van der Waals surface area contributed by atoms with Crippen molar-refractivity contribution in [2.45, 2.75) is 32.7 Å². The molecule has 7 heteroatoms. The zero-order valence-electron chi connectivity index (χ0n) is 12.3. The van der Waals surface area contributed by atoms with Crippen LogP contribution in [-0.4, -0.2) is 22.9 Å². The van der Waals surface area contributed by atoms with Crippen molar-refractivity contribution in [3.63, 3.8) is 0 Å². The number of amides is 1. The van der Waals surface area contributed by atoms with Crippen LogP contribution in [-0.2, 0) is 4.79 Å². The Morgan fingerprint density at radius 3 is 2.62 bits per heavy atom. The van der Waals surface area contributed by atoms with Gasteiger partial charge in [0.25, 0.3) is 5.69 Å². The van der Waals surface area contributed by atoms with Gasteiger partial charge in [-0.15, -0.1) is 0 Å². The van der Waals surface area contributed by atoms with Crippen LogP contribution in [0.25, 0.3) is 0 Å². The molecule has 0 saturated heterocycles. The van der Waals surface area contributed by atoms with E-state index in [-0.39, 0.29) is 29.1 Å². The maximum absolute atomic E-state index is 11.6. The molecule has 0 aromatic heterocycles. The van der Waals surface area contributed by atoms with Gasteiger partial charge in [-0.3, -0.25) is 14.9 Å². The van der Waals surface area contributed by atoms with Crippen LogP contribution in [0.1, 0.15) is 32.8 Å². The predicted molar refractivity (Wildman–Crippen MR) is 78.8 cm³/mol. The number of nitro groups is 1. The number of carbonyl (C=O) groups excluding carboxylic acids is 1. The lowest BCUT2D eigenvalue weighted by Gasteiger charge is -2.20. The molecule has 1 amide bonds. The minimum absolute atomic E-state index is 0.101. The quantitative estimate of drug-likeness (QED) is 0.638. The Morgan fingerprint density at radius 2 is 2.10 bits per heavy atom. The van der Waals surface area contributed by atoms with E-state index in [0.29, 0.717) is 12.2 Å². The van der Waals surface area contributed by atoms with E-state index in [9.17, 15) is 14.9 Å². The number of anilines is 1. The molecule has 0 bridgehead atoms. The summed E-state index contributed by atoms with van der Waals surface area (Å²) in [4.78, 5) is 21.7. The molecule has 0 heterocycles. The zero-order valence-corrected chi connectivity index (χ0v) is 12.3. The van der Waals surface area contributed by atoms with Crippen LogP contribution in [0.3, 0.4) is 0 Å². The number of nitrogens with zero attached hydrogens (tertiary/aromatic N) is 2. The average Bonchev–Trinajstić information content (AvgIpc) is 2.36. The Balaban J connectivity index is 2.62. The maximum Gasteiger partial charge on any atom is 0.270 e. The molecule has 7 nitrogen and oxygen atoms in total. The van der Waals surface area contributed by atoms with Crippen molar-refractivity contribution in [2.24, 2.45) is 0 Å². The number of hydrogen-bond acceptors (Lipinski definition) is 5. The lowest BCUT2D eigenvalue weighted by molar-refractivity contribution is -0.384. The van der Waals surface area contributed by atoms with Crippen LogP contribution in [0.2, 0.25) is 0 Å². The van der Waals surface area contributed by atoms with E-state index in [1.165, 1.54) is 18.2 Å². The Bertz CT molecular complexity index is 585. The molecule has 21 heavy (non-hydrogen) atoms. The molecule has 0 unspecified atom stereocenters. The van der Waals surface area contributed by atoms with E-state index in [4.69, 9.17) is 5.26 Å². The topological polar surface area (TPSA) is 108 Å². The monoisotopic (exact) mass is 290 g/mol. The number of hydrogen-bond donors (Lipinski definition) is 2. The summed E-state index contributed by atoms with van der Waals surface area (Å²) < 4.78 is 0. The highest BCUT2D eigenvalue weighted by Crippen LogP contribution is 2.21. The predicted octanol–water partition coefficient (Wildman–Crippen LogP) is 2.18. The van der Waals surface area contributed by atoms with Gasteiger partial charge >= 0.3 is 0 Å². The first-order chi connectivity index (χ1) is 9.73. The highest BCUT2D eigenvalue weighted by atomic mass is 16.6. The van der Waals surface area contributed by atoms with Crippen molar-refractivity contribution in [2.75, 3.05) is 11.9 Å². The van der Waals surface area contributed by atoms with Gasteiger partial charge in [0.2, 0.25) is 5.91 Å². The van der Waals surface area contributed by atoms with E-state index in [1.807, 2.05) is 26.8 Å². The number of rotatable bonds is 5. The third-order valence-corrected chi connectivity index (χ3v) is 2.52. The van der Waals surface area contributed by atoms with Crippen molar-refractivity contribution in [3.05, 3.63) is 33.9 Å². The number of carbonyl (C=O) groups is 1. The number of nitriles is 1. The number of benzene rings is 1. The molecule has 1 rings (SSSR count). The SMILES string of the molecule is CC(C)(C)NC(=O)CCNc1ccc([N+](=O)[O-])cc1C#N. The summed E-state index contributed by atoms with van der Waals surface area (Å²) in [7, 11) is 0. The first-order valence-electron chi connectivity index (χ1n) is 6.46. The van der Waals surface area contributed by atoms with E-state index < -0.39 is 4.92 Å². The Morgan fingerprint density at radius 1 is 1.43 bits per heavy atom. The molecule has 0 aliphatic heterocycles. The average molecular weight is 290 g/mol. The fourth-order valence-electron chi connectivity index (χ4n) is 1.68. The van der Waals surface area contributed by atoms with Crippen LogP contribution >= 0.6 is 0 Å². The summed E-state index contributed by atoms with van der Waals surface area (Å²) in [6.07, 6.45) is 0.249. The summed E-state index contributed by atoms with van der Waals surface area (Å²) in [5.41, 5.74) is 0.233. The van der Waals surface area contributed by atoms with Crippen LogP contribution in [0.5, 0.6) is 0 Å². The second-order valence-corrected chi connectivity index (χ2v) is 5.57. The van der Waals surface area contributed by atoms with Gasteiger partial charge in [-0.2, -0.15) is 5.26 Å². The molecular formula is C14H18N4O3. The molecule has 0 atom stereocenters. The molecular weight excluding hydrogens is 272 g/mol. The molecule has 1 aromatic carbocycles. The smallest absolute Gasteiger partial charge is 0.270 e. The molecule has 1 aromatic rings. The molecule has 0 radical (unpaired) electrons. The fourth-order valence-corrected chi connectivity index (χ4v) is 1.68. The third-order valence-electron chi connectivity index (χ3n) is 2.52. The molecule has 112 valence electrons.